The van der Waals surface area contributed by atoms with Gasteiger partial charge in [0.25, 0.3) is 0 Å². The molecule has 0 spiro atoms. The number of benzene rings is 2. The highest BCUT2D eigenvalue weighted by Crippen LogP contribution is 2.33. The van der Waals surface area contributed by atoms with Crippen LogP contribution in [-0.2, 0) is 60.7 Å². The van der Waals surface area contributed by atoms with E-state index < -0.39 is 87.8 Å². The van der Waals surface area contributed by atoms with Crippen LogP contribution in [0.25, 0.3) is 0 Å². The van der Waals surface area contributed by atoms with Gasteiger partial charge in [-0.1, -0.05) is 68.8 Å². The van der Waals surface area contributed by atoms with Crippen LogP contribution in [0.3, 0.4) is 0 Å². The fraction of sp³-hybridized carbons (Fsp3) is 0.583. The molecule has 6 atom stereocenters. The first-order valence-corrected chi connectivity index (χ1v) is 22.3. The number of carbonyl (C=O) groups is 6. The van der Waals surface area contributed by atoms with Crippen molar-refractivity contribution in [3.8, 4) is 5.75 Å². The van der Waals surface area contributed by atoms with Crippen LogP contribution in [0.2, 0.25) is 5.02 Å². The Balaban J connectivity index is 1.83. The van der Waals surface area contributed by atoms with Crippen molar-refractivity contribution in [3.05, 3.63) is 76.3 Å². The van der Waals surface area contributed by atoms with Gasteiger partial charge in [-0.15, -0.1) is 11.6 Å². The van der Waals surface area contributed by atoms with Crippen molar-refractivity contribution in [2.45, 2.75) is 143 Å². The summed E-state index contributed by atoms with van der Waals surface area (Å²) in [4.78, 5) is 79.6. The summed E-state index contributed by atoms with van der Waals surface area (Å²) in [5.74, 6) is -4.13. The third-order valence-corrected chi connectivity index (χ3v) is 11.5. The number of amides is 2. The Bertz CT molecular complexity index is 1970. The first-order chi connectivity index (χ1) is 29.7. The van der Waals surface area contributed by atoms with Gasteiger partial charge in [-0.2, -0.15) is 0 Å². The van der Waals surface area contributed by atoms with Gasteiger partial charge in [0, 0.05) is 31.7 Å². The van der Waals surface area contributed by atoms with Crippen molar-refractivity contribution in [1.82, 2.24) is 10.6 Å². The summed E-state index contributed by atoms with van der Waals surface area (Å²) in [6.07, 6.45) is -0.555. The molecule has 2 aromatic rings. The summed E-state index contributed by atoms with van der Waals surface area (Å²) in [5.41, 5.74) is -1.05. The summed E-state index contributed by atoms with van der Waals surface area (Å²) >= 11 is 13.2. The Morgan fingerprint density at radius 2 is 1.61 bits per heavy atom. The van der Waals surface area contributed by atoms with Gasteiger partial charge in [0.2, 0.25) is 11.8 Å². The summed E-state index contributed by atoms with van der Waals surface area (Å²) < 4.78 is 28.0. The second-order valence-corrected chi connectivity index (χ2v) is 19.9. The third kappa shape index (κ3) is 16.7. The van der Waals surface area contributed by atoms with Crippen molar-refractivity contribution in [2.24, 2.45) is 22.7 Å². The topological polar surface area (TPSA) is 193 Å². The average molecular weight is 934 g/mol. The zero-order valence-corrected chi connectivity index (χ0v) is 40.4. The average Bonchev–Trinajstić information content (AvgIpc) is 3.21. The summed E-state index contributed by atoms with van der Waals surface area (Å²) in [6, 6.07) is 10.7. The number of halogens is 2. The lowest BCUT2D eigenvalue weighted by molar-refractivity contribution is -0.180. The molecular weight excluding hydrogens is 867 g/mol. The second-order valence-electron chi connectivity index (χ2n) is 19.0. The van der Waals surface area contributed by atoms with E-state index in [9.17, 15) is 33.9 Å². The van der Waals surface area contributed by atoms with Crippen LogP contribution >= 0.6 is 23.2 Å². The van der Waals surface area contributed by atoms with Crippen LogP contribution in [0.5, 0.6) is 5.75 Å². The van der Waals surface area contributed by atoms with E-state index in [1.807, 2.05) is 13.8 Å². The van der Waals surface area contributed by atoms with E-state index in [4.69, 9.17) is 46.9 Å². The van der Waals surface area contributed by atoms with Crippen LogP contribution in [0, 0.1) is 22.7 Å². The lowest BCUT2D eigenvalue weighted by Gasteiger charge is -2.32. The maximum atomic E-state index is 13.8. The predicted octanol–water partition coefficient (Wildman–Crippen LogP) is 7.52. The molecule has 0 saturated heterocycles. The number of aliphatic hydroxyl groups excluding tert-OH is 1. The van der Waals surface area contributed by atoms with E-state index in [0.29, 0.717) is 27.5 Å². The molecule has 0 aliphatic carbocycles. The van der Waals surface area contributed by atoms with Crippen molar-refractivity contribution < 1.29 is 57.6 Å². The van der Waals surface area contributed by atoms with Gasteiger partial charge >= 0.3 is 23.9 Å². The molecule has 14 nitrogen and oxygen atoms in total. The molecule has 2 amide bonds. The minimum absolute atomic E-state index is 0.0423. The molecule has 1 aliphatic heterocycles. The number of alkyl halides is 1. The normalized spacial score (nSPS) is 21.0. The predicted molar refractivity (Wildman–Crippen MR) is 242 cm³/mol. The zero-order chi connectivity index (χ0) is 48.2. The van der Waals surface area contributed by atoms with E-state index in [2.05, 4.69) is 10.6 Å². The molecule has 0 bridgehead atoms. The fourth-order valence-corrected chi connectivity index (χ4v) is 7.21. The minimum Gasteiger partial charge on any atom is -0.495 e. The smallest absolute Gasteiger partial charge is 0.347 e. The maximum Gasteiger partial charge on any atom is 0.347 e. The number of aliphatic hydroxyl groups is 1. The monoisotopic (exact) mass is 932 g/mol. The molecule has 64 heavy (non-hydrogen) atoms. The van der Waals surface area contributed by atoms with Crippen molar-refractivity contribution in [2.75, 3.05) is 13.7 Å². The standard InChI is InChI=1S/C48H66Cl2N2O12/c1-28(2)23-37-43(57)62-35(13-12-14-38(53)52-34(25-31-17-20-36(60-11)33(49)24-31)42(56)51-27-48(9,10)45(59)63-37)29(3)41(55)40(50)32-18-15-30(16-19-32)26-61-44(58)47(7,8)22-21-39(54)64-46(4,5)6/h12,14-20,24,28-29,34-35,37,40-41,55H,13,21-23,25-27H2,1-11H3,(H,51,56)(H,52,53)/b14-12+/t29-,34+,35-,37-,40-,41+/m0/s1. The number of methoxy groups -OCH3 is 1. The van der Waals surface area contributed by atoms with Crippen LogP contribution in [0.4, 0.5) is 0 Å². The molecule has 0 radical (unpaired) electrons. The molecule has 1 heterocycles. The second kappa shape index (κ2) is 23.5. The van der Waals surface area contributed by atoms with Crippen molar-refractivity contribution in [1.29, 1.82) is 0 Å². The first-order valence-electron chi connectivity index (χ1n) is 21.5. The number of esters is 4. The molecule has 0 aromatic heterocycles. The third-order valence-electron chi connectivity index (χ3n) is 10.7. The number of hydrogen-bond acceptors (Lipinski definition) is 12. The highest BCUT2D eigenvalue weighted by Gasteiger charge is 2.39. The number of cyclic esters (lactones) is 2. The number of rotatable bonds is 15. The van der Waals surface area contributed by atoms with E-state index in [-0.39, 0.29) is 51.2 Å². The van der Waals surface area contributed by atoms with Gasteiger partial charge in [0.15, 0.2) is 6.10 Å². The van der Waals surface area contributed by atoms with Crippen molar-refractivity contribution >= 4 is 58.9 Å². The number of hydrogen-bond donors (Lipinski definition) is 3. The Labute approximate surface area is 387 Å². The molecule has 1 aliphatic rings. The quantitative estimate of drug-likeness (QED) is 0.0906. The molecule has 0 fully saturated rings. The highest BCUT2D eigenvalue weighted by atomic mass is 35.5. The van der Waals surface area contributed by atoms with Gasteiger partial charge in [-0.05, 0) is 102 Å². The Morgan fingerprint density at radius 1 is 0.969 bits per heavy atom. The molecular formula is C48H66Cl2N2O12. The SMILES string of the molecule is COc1ccc(C[C@H]2NC(=O)/C=C/C[C@@H]([C@H](C)[C@@H](O)[C@@H](Cl)c3ccc(COC(=O)C(C)(C)CCC(=O)OC(C)(C)C)cc3)OC(=O)[C@H](CC(C)C)OC(=O)C(C)(C)CNC2=O)cc1Cl. The van der Waals surface area contributed by atoms with Gasteiger partial charge in [-0.25, -0.2) is 4.79 Å². The van der Waals surface area contributed by atoms with Gasteiger partial charge in [-0.3, -0.25) is 24.0 Å². The lowest BCUT2D eigenvalue weighted by atomic mass is 9.88. The van der Waals surface area contributed by atoms with Crippen LogP contribution in [-0.4, -0.2) is 84.4 Å². The van der Waals surface area contributed by atoms with Gasteiger partial charge in [0.05, 0.1) is 34.4 Å². The Hall–Kier alpha value is -4.66. The maximum absolute atomic E-state index is 13.8. The van der Waals surface area contributed by atoms with Crippen LogP contribution in [0.1, 0.15) is 117 Å². The van der Waals surface area contributed by atoms with Crippen molar-refractivity contribution in [3.63, 3.8) is 0 Å². The molecule has 16 heteroatoms. The number of nitrogens with one attached hydrogen (secondary N) is 2. The van der Waals surface area contributed by atoms with Gasteiger partial charge in [0.1, 0.15) is 30.1 Å². The minimum atomic E-state index is -1.31. The summed E-state index contributed by atoms with van der Waals surface area (Å²) in [5, 5.41) is 16.4. The molecule has 3 rings (SSSR count). The molecule has 3 N–H and O–H groups in total. The van der Waals surface area contributed by atoms with Crippen LogP contribution < -0.4 is 15.4 Å². The van der Waals surface area contributed by atoms with E-state index in [1.165, 1.54) is 19.3 Å². The lowest BCUT2D eigenvalue weighted by Crippen LogP contribution is -2.51. The molecule has 0 saturated carbocycles. The highest BCUT2D eigenvalue weighted by molar-refractivity contribution is 6.32. The molecule has 354 valence electrons. The van der Waals surface area contributed by atoms with E-state index in [0.717, 1.165) is 0 Å². The molecule has 2 aromatic carbocycles. The Kier molecular flexibility index (Phi) is 19.7. The Morgan fingerprint density at radius 3 is 2.20 bits per heavy atom. The number of ether oxygens (including phenoxy) is 5. The fourth-order valence-electron chi connectivity index (χ4n) is 6.55. The first kappa shape index (κ1) is 53.7. The van der Waals surface area contributed by atoms with Gasteiger partial charge < -0.3 is 39.4 Å². The van der Waals surface area contributed by atoms with Crippen LogP contribution in [0.15, 0.2) is 54.6 Å². The summed E-state index contributed by atoms with van der Waals surface area (Å²) in [7, 11) is 1.48. The molecule has 0 unspecified atom stereocenters. The largest absolute Gasteiger partial charge is 0.495 e. The zero-order valence-electron chi connectivity index (χ0n) is 38.9. The van der Waals surface area contributed by atoms with E-state index >= 15 is 0 Å². The van der Waals surface area contributed by atoms with E-state index in [1.54, 1.807) is 97.9 Å². The summed E-state index contributed by atoms with van der Waals surface area (Å²) in [6.45, 7) is 17.0. The number of carbonyl (C=O) groups excluding carboxylic acids is 6.